The monoisotopic (exact) mass is 254 g/mol. The minimum atomic E-state index is -1.67. The Balaban J connectivity index is 3.32. The zero-order chi connectivity index (χ0) is 13.2. The minimum Gasteiger partial charge on any atom is -0.491 e. The molecule has 1 aromatic carbocycles. The van der Waals surface area contributed by atoms with Crippen LogP contribution in [0.4, 0.5) is 17.6 Å². The molecule has 0 saturated heterocycles. The molecule has 96 valence electrons. The van der Waals surface area contributed by atoms with E-state index in [2.05, 4.69) is 4.74 Å². The third kappa shape index (κ3) is 2.50. The SMILES string of the molecule is COc1c(F)c(F)c(C[C@H](O)CO)c(F)c1F. The maximum Gasteiger partial charge on any atom is 0.204 e. The van der Waals surface area contributed by atoms with Gasteiger partial charge in [-0.1, -0.05) is 0 Å². The molecule has 0 aliphatic heterocycles. The van der Waals surface area contributed by atoms with E-state index >= 15 is 0 Å². The van der Waals surface area contributed by atoms with Gasteiger partial charge in [0.1, 0.15) is 0 Å². The van der Waals surface area contributed by atoms with Gasteiger partial charge in [-0.2, -0.15) is 8.78 Å². The van der Waals surface area contributed by atoms with Crippen LogP contribution in [0.1, 0.15) is 5.56 Å². The van der Waals surface area contributed by atoms with Crippen molar-refractivity contribution < 1.29 is 32.5 Å². The summed E-state index contributed by atoms with van der Waals surface area (Å²) >= 11 is 0. The van der Waals surface area contributed by atoms with E-state index in [4.69, 9.17) is 10.2 Å². The summed E-state index contributed by atoms with van der Waals surface area (Å²) in [5.41, 5.74) is -0.970. The molecule has 0 unspecified atom stereocenters. The van der Waals surface area contributed by atoms with Crippen LogP contribution in [0.5, 0.6) is 5.75 Å². The summed E-state index contributed by atoms with van der Waals surface area (Å²) in [5.74, 6) is -7.80. The fraction of sp³-hybridized carbons (Fsp3) is 0.400. The van der Waals surface area contributed by atoms with Crippen LogP contribution in [-0.2, 0) is 6.42 Å². The van der Waals surface area contributed by atoms with Crippen molar-refractivity contribution in [3.63, 3.8) is 0 Å². The fourth-order valence-electron chi connectivity index (χ4n) is 1.32. The summed E-state index contributed by atoms with van der Waals surface area (Å²) in [5, 5.41) is 17.5. The first-order chi connectivity index (χ1) is 7.93. The van der Waals surface area contributed by atoms with Crippen LogP contribution in [0.2, 0.25) is 0 Å². The first kappa shape index (κ1) is 13.7. The molecule has 0 bridgehead atoms. The number of methoxy groups -OCH3 is 1. The zero-order valence-corrected chi connectivity index (χ0v) is 8.81. The molecule has 1 rings (SSSR count). The number of benzene rings is 1. The highest BCUT2D eigenvalue weighted by atomic mass is 19.2. The minimum absolute atomic E-state index is 0.744. The third-order valence-corrected chi connectivity index (χ3v) is 2.17. The van der Waals surface area contributed by atoms with Crippen molar-refractivity contribution in [2.75, 3.05) is 13.7 Å². The van der Waals surface area contributed by atoms with E-state index in [0.717, 1.165) is 7.11 Å². The molecule has 0 aliphatic rings. The summed E-state index contributed by atoms with van der Waals surface area (Å²) in [6.07, 6.45) is -2.25. The molecule has 0 aromatic heterocycles. The molecule has 0 radical (unpaired) electrons. The number of aliphatic hydroxyl groups excluding tert-OH is 2. The van der Waals surface area contributed by atoms with Crippen LogP contribution < -0.4 is 4.74 Å². The average Bonchev–Trinajstić information content (AvgIpc) is 2.32. The first-order valence-electron chi connectivity index (χ1n) is 4.61. The largest absolute Gasteiger partial charge is 0.491 e. The van der Waals surface area contributed by atoms with Crippen LogP contribution in [0.3, 0.4) is 0 Å². The van der Waals surface area contributed by atoms with E-state index in [0.29, 0.717) is 0 Å². The molecule has 0 aliphatic carbocycles. The highest BCUT2D eigenvalue weighted by Crippen LogP contribution is 2.30. The Labute approximate surface area is 94.3 Å². The van der Waals surface area contributed by atoms with Gasteiger partial charge in [0.2, 0.25) is 11.6 Å². The van der Waals surface area contributed by atoms with Gasteiger partial charge >= 0.3 is 0 Å². The molecule has 3 nitrogen and oxygen atoms in total. The lowest BCUT2D eigenvalue weighted by Crippen LogP contribution is -2.18. The Hall–Kier alpha value is -1.34. The smallest absolute Gasteiger partial charge is 0.204 e. The molecular weight excluding hydrogens is 244 g/mol. The lowest BCUT2D eigenvalue weighted by Gasteiger charge is -2.12. The molecular formula is C10H10F4O3. The quantitative estimate of drug-likeness (QED) is 0.626. The van der Waals surface area contributed by atoms with Gasteiger partial charge in [-0.3, -0.25) is 0 Å². The van der Waals surface area contributed by atoms with Crippen molar-refractivity contribution >= 4 is 0 Å². The Morgan fingerprint density at radius 2 is 1.53 bits per heavy atom. The van der Waals surface area contributed by atoms with E-state index in [-0.39, 0.29) is 0 Å². The predicted molar refractivity (Wildman–Crippen MR) is 49.6 cm³/mol. The van der Waals surface area contributed by atoms with Crippen LogP contribution in [0.25, 0.3) is 0 Å². The van der Waals surface area contributed by atoms with Gasteiger partial charge in [0, 0.05) is 12.0 Å². The zero-order valence-electron chi connectivity index (χ0n) is 8.81. The number of halogens is 4. The normalized spacial score (nSPS) is 12.6. The number of ether oxygens (including phenoxy) is 1. The first-order valence-corrected chi connectivity index (χ1v) is 4.61. The highest BCUT2D eigenvalue weighted by molar-refractivity contribution is 5.34. The van der Waals surface area contributed by atoms with Gasteiger partial charge in [0.05, 0.1) is 19.8 Å². The van der Waals surface area contributed by atoms with Gasteiger partial charge in [-0.15, -0.1) is 0 Å². The topological polar surface area (TPSA) is 49.7 Å². The maximum atomic E-state index is 13.3. The lowest BCUT2D eigenvalue weighted by atomic mass is 10.1. The fourth-order valence-corrected chi connectivity index (χ4v) is 1.32. The van der Waals surface area contributed by atoms with Crippen molar-refractivity contribution in [2.24, 2.45) is 0 Å². The van der Waals surface area contributed by atoms with Gasteiger partial charge in [0.25, 0.3) is 0 Å². The van der Waals surface area contributed by atoms with Crippen LogP contribution in [0.15, 0.2) is 0 Å². The van der Waals surface area contributed by atoms with Gasteiger partial charge in [0.15, 0.2) is 17.4 Å². The molecule has 0 spiro atoms. The molecule has 0 heterocycles. The van der Waals surface area contributed by atoms with Crippen molar-refractivity contribution in [1.29, 1.82) is 0 Å². The van der Waals surface area contributed by atoms with E-state index in [1.54, 1.807) is 0 Å². The summed E-state index contributed by atoms with van der Waals surface area (Å²) in [6.45, 7) is -0.784. The van der Waals surface area contributed by atoms with E-state index < -0.39 is 53.7 Å². The van der Waals surface area contributed by atoms with Gasteiger partial charge < -0.3 is 14.9 Å². The second-order valence-electron chi connectivity index (χ2n) is 3.31. The van der Waals surface area contributed by atoms with Crippen molar-refractivity contribution in [3.8, 4) is 5.75 Å². The van der Waals surface area contributed by atoms with E-state index in [9.17, 15) is 17.6 Å². The molecule has 7 heteroatoms. The maximum absolute atomic E-state index is 13.3. The molecule has 1 atom stereocenters. The molecule has 0 fully saturated rings. The van der Waals surface area contributed by atoms with Gasteiger partial charge in [-0.25, -0.2) is 8.78 Å². The van der Waals surface area contributed by atoms with Crippen LogP contribution in [-0.4, -0.2) is 30.0 Å². The predicted octanol–water partition coefficient (Wildman–Crippen LogP) is 1.15. The lowest BCUT2D eigenvalue weighted by molar-refractivity contribution is 0.0935. The Morgan fingerprint density at radius 3 is 1.88 bits per heavy atom. The Morgan fingerprint density at radius 1 is 1.06 bits per heavy atom. The summed E-state index contributed by atoms with van der Waals surface area (Å²) in [4.78, 5) is 0. The van der Waals surface area contributed by atoms with E-state index in [1.165, 1.54) is 0 Å². The molecule has 0 amide bonds. The summed E-state index contributed by atoms with van der Waals surface area (Å²) < 4.78 is 57.3. The van der Waals surface area contributed by atoms with Crippen LogP contribution in [0, 0.1) is 23.3 Å². The second-order valence-corrected chi connectivity index (χ2v) is 3.31. The van der Waals surface area contributed by atoms with Gasteiger partial charge in [-0.05, 0) is 0 Å². The number of hydrogen-bond acceptors (Lipinski definition) is 3. The average molecular weight is 254 g/mol. The van der Waals surface area contributed by atoms with Crippen LogP contribution >= 0.6 is 0 Å². The highest BCUT2D eigenvalue weighted by Gasteiger charge is 2.27. The number of aliphatic hydroxyl groups is 2. The molecule has 2 N–H and O–H groups in total. The summed E-state index contributed by atoms with van der Waals surface area (Å²) in [6, 6.07) is 0. The summed E-state index contributed by atoms with van der Waals surface area (Å²) in [7, 11) is 0.864. The standard InChI is InChI=1S/C10H10F4O3/c1-17-10-8(13)6(11)5(2-4(16)3-15)7(12)9(10)14/h4,15-16H,2-3H2,1H3/t4-/m0/s1. The second kappa shape index (κ2) is 5.33. The van der Waals surface area contributed by atoms with Crippen molar-refractivity contribution in [1.82, 2.24) is 0 Å². The number of hydrogen-bond donors (Lipinski definition) is 2. The molecule has 17 heavy (non-hydrogen) atoms. The van der Waals surface area contributed by atoms with Crippen molar-refractivity contribution in [3.05, 3.63) is 28.8 Å². The van der Waals surface area contributed by atoms with E-state index in [1.807, 2.05) is 0 Å². The molecule has 1 aromatic rings. The molecule has 0 saturated carbocycles. The van der Waals surface area contributed by atoms with Crippen molar-refractivity contribution in [2.45, 2.75) is 12.5 Å². The number of rotatable bonds is 4. The Kier molecular flexibility index (Phi) is 4.30. The third-order valence-electron chi connectivity index (χ3n) is 2.17. The Bertz CT molecular complexity index is 393.